The molecule has 6 heteroatoms. The number of benzene rings is 2. The van der Waals surface area contributed by atoms with Gasteiger partial charge in [-0.25, -0.2) is 4.68 Å². The van der Waals surface area contributed by atoms with Crippen LogP contribution in [0.15, 0.2) is 59.4 Å². The molecule has 6 nitrogen and oxygen atoms in total. The monoisotopic (exact) mass is 392 g/mol. The van der Waals surface area contributed by atoms with E-state index in [1.807, 2.05) is 52.2 Å². The van der Waals surface area contributed by atoms with Crippen LogP contribution < -0.4 is 10.9 Å². The van der Waals surface area contributed by atoms with Gasteiger partial charge in [0.1, 0.15) is 0 Å². The van der Waals surface area contributed by atoms with Crippen molar-refractivity contribution in [3.05, 3.63) is 76.2 Å². The van der Waals surface area contributed by atoms with Crippen LogP contribution >= 0.6 is 0 Å². The van der Waals surface area contributed by atoms with Crippen LogP contribution in [0.1, 0.15) is 35.9 Å². The number of hydrogen-bond acceptors (Lipinski definition) is 4. The molecule has 1 atom stereocenters. The van der Waals surface area contributed by atoms with Crippen LogP contribution in [-0.4, -0.2) is 47.3 Å². The van der Waals surface area contributed by atoms with Crippen LogP contribution in [0.5, 0.6) is 0 Å². The standard InChI is InChI=1S/C23H28N4O2/c1-16(2)27-23(29)20-13-9-8-12-19(20)21(25-27)22(28)24-15-18(26(3)4)14-17-10-6-5-7-11-17/h5-13,16,18H,14-15H2,1-4H3,(H,24,28). The molecule has 0 aliphatic heterocycles. The van der Waals surface area contributed by atoms with E-state index in [2.05, 4.69) is 27.4 Å². The van der Waals surface area contributed by atoms with Crippen molar-refractivity contribution in [3.8, 4) is 0 Å². The highest BCUT2D eigenvalue weighted by Crippen LogP contribution is 2.15. The molecule has 1 N–H and O–H groups in total. The Morgan fingerprint density at radius 3 is 2.28 bits per heavy atom. The lowest BCUT2D eigenvalue weighted by Crippen LogP contribution is -2.42. The molecule has 0 fully saturated rings. The molecule has 0 aliphatic carbocycles. The first-order valence-corrected chi connectivity index (χ1v) is 9.88. The van der Waals surface area contributed by atoms with Crippen molar-refractivity contribution < 1.29 is 4.79 Å². The molecule has 0 bridgehead atoms. The van der Waals surface area contributed by atoms with Gasteiger partial charge in [-0.2, -0.15) is 5.10 Å². The van der Waals surface area contributed by atoms with Crippen LogP contribution in [0, 0.1) is 0 Å². The van der Waals surface area contributed by atoms with Gasteiger partial charge in [-0.15, -0.1) is 0 Å². The van der Waals surface area contributed by atoms with Gasteiger partial charge in [0.05, 0.1) is 11.4 Å². The molecule has 3 aromatic rings. The molecular formula is C23H28N4O2. The minimum atomic E-state index is -0.268. The zero-order valence-electron chi connectivity index (χ0n) is 17.4. The molecule has 29 heavy (non-hydrogen) atoms. The Kier molecular flexibility index (Phi) is 6.44. The smallest absolute Gasteiger partial charge is 0.274 e. The highest BCUT2D eigenvalue weighted by atomic mass is 16.2. The number of amides is 1. The molecule has 2 aromatic carbocycles. The SMILES string of the molecule is CC(C)n1nc(C(=O)NCC(Cc2ccccc2)N(C)C)c2ccccc2c1=O. The van der Waals surface area contributed by atoms with Crippen LogP contribution in [0.2, 0.25) is 0 Å². The average molecular weight is 393 g/mol. The number of nitrogens with one attached hydrogen (secondary N) is 1. The lowest BCUT2D eigenvalue weighted by molar-refractivity contribution is 0.0936. The normalized spacial score (nSPS) is 12.5. The topological polar surface area (TPSA) is 67.2 Å². The fourth-order valence-electron chi connectivity index (χ4n) is 3.34. The Bertz CT molecular complexity index is 1040. The second-order valence-electron chi connectivity index (χ2n) is 7.75. The maximum absolute atomic E-state index is 13.0. The van der Waals surface area contributed by atoms with Crippen LogP contribution in [-0.2, 0) is 6.42 Å². The van der Waals surface area contributed by atoms with E-state index in [0.29, 0.717) is 17.3 Å². The van der Waals surface area contributed by atoms with E-state index in [1.165, 1.54) is 10.2 Å². The molecular weight excluding hydrogens is 364 g/mol. The van der Waals surface area contributed by atoms with Crippen molar-refractivity contribution in [2.45, 2.75) is 32.4 Å². The number of aromatic nitrogens is 2. The van der Waals surface area contributed by atoms with E-state index < -0.39 is 0 Å². The lowest BCUT2D eigenvalue weighted by Gasteiger charge is -2.25. The number of likely N-dealkylation sites (N-methyl/N-ethyl adjacent to an activating group) is 1. The predicted octanol–water partition coefficient (Wildman–Crippen LogP) is 2.88. The summed E-state index contributed by atoms with van der Waals surface area (Å²) >= 11 is 0. The molecule has 0 saturated heterocycles. The molecule has 0 saturated carbocycles. The summed E-state index contributed by atoms with van der Waals surface area (Å²) < 4.78 is 1.38. The van der Waals surface area contributed by atoms with Crippen molar-refractivity contribution in [3.63, 3.8) is 0 Å². The van der Waals surface area contributed by atoms with E-state index in [4.69, 9.17) is 0 Å². The summed E-state index contributed by atoms with van der Waals surface area (Å²) in [5.74, 6) is -0.268. The summed E-state index contributed by atoms with van der Waals surface area (Å²) in [7, 11) is 4.01. The Labute approximate surface area is 171 Å². The maximum atomic E-state index is 13.0. The minimum Gasteiger partial charge on any atom is -0.349 e. The fourth-order valence-corrected chi connectivity index (χ4v) is 3.34. The molecule has 1 aromatic heterocycles. The first-order chi connectivity index (χ1) is 13.9. The van der Waals surface area contributed by atoms with E-state index in [-0.39, 0.29) is 29.2 Å². The first-order valence-electron chi connectivity index (χ1n) is 9.88. The molecule has 1 unspecified atom stereocenters. The van der Waals surface area contributed by atoms with Gasteiger partial charge in [0.15, 0.2) is 5.69 Å². The fraction of sp³-hybridized carbons (Fsp3) is 0.348. The Morgan fingerprint density at radius 1 is 1.03 bits per heavy atom. The molecule has 1 heterocycles. The number of carbonyl (C=O) groups is 1. The molecule has 3 rings (SSSR count). The molecule has 0 spiro atoms. The number of rotatable bonds is 7. The van der Waals surface area contributed by atoms with Gasteiger partial charge in [0, 0.05) is 18.0 Å². The van der Waals surface area contributed by atoms with E-state index >= 15 is 0 Å². The van der Waals surface area contributed by atoms with E-state index in [0.717, 1.165) is 6.42 Å². The van der Waals surface area contributed by atoms with Gasteiger partial charge < -0.3 is 10.2 Å². The van der Waals surface area contributed by atoms with Crippen molar-refractivity contribution in [2.75, 3.05) is 20.6 Å². The second kappa shape index (κ2) is 9.01. The maximum Gasteiger partial charge on any atom is 0.274 e. The van der Waals surface area contributed by atoms with Crippen molar-refractivity contribution in [2.24, 2.45) is 0 Å². The van der Waals surface area contributed by atoms with Crippen molar-refractivity contribution in [1.29, 1.82) is 0 Å². The quantitative estimate of drug-likeness (QED) is 0.671. The van der Waals surface area contributed by atoms with Crippen LogP contribution in [0.3, 0.4) is 0 Å². The summed E-state index contributed by atoms with van der Waals surface area (Å²) in [6.45, 7) is 4.25. The molecule has 0 aliphatic rings. The number of fused-ring (bicyclic) bond motifs is 1. The zero-order valence-corrected chi connectivity index (χ0v) is 17.4. The summed E-state index contributed by atoms with van der Waals surface area (Å²) in [5, 5.41) is 8.49. The van der Waals surface area contributed by atoms with Gasteiger partial charge in [-0.1, -0.05) is 48.5 Å². The predicted molar refractivity (Wildman–Crippen MR) is 116 cm³/mol. The molecule has 1 amide bonds. The third kappa shape index (κ3) is 4.71. The summed E-state index contributed by atoms with van der Waals surface area (Å²) in [4.78, 5) is 27.8. The first kappa shape index (κ1) is 20.7. The summed E-state index contributed by atoms with van der Waals surface area (Å²) in [5.41, 5.74) is 1.32. The largest absolute Gasteiger partial charge is 0.349 e. The molecule has 152 valence electrons. The minimum absolute atomic E-state index is 0.133. The Morgan fingerprint density at radius 2 is 1.66 bits per heavy atom. The van der Waals surface area contributed by atoms with Crippen molar-refractivity contribution in [1.82, 2.24) is 20.0 Å². The average Bonchev–Trinajstić information content (AvgIpc) is 2.71. The van der Waals surface area contributed by atoms with Gasteiger partial charge in [0.2, 0.25) is 0 Å². The van der Waals surface area contributed by atoms with Gasteiger partial charge in [0.25, 0.3) is 11.5 Å². The zero-order chi connectivity index (χ0) is 21.0. The highest BCUT2D eigenvalue weighted by Gasteiger charge is 2.20. The Hall–Kier alpha value is -2.99. The third-order valence-electron chi connectivity index (χ3n) is 5.08. The van der Waals surface area contributed by atoms with Gasteiger partial charge >= 0.3 is 0 Å². The van der Waals surface area contributed by atoms with Crippen LogP contribution in [0.4, 0.5) is 0 Å². The van der Waals surface area contributed by atoms with E-state index in [1.54, 1.807) is 18.2 Å². The third-order valence-corrected chi connectivity index (χ3v) is 5.08. The summed E-state index contributed by atoms with van der Waals surface area (Å²) in [6, 6.07) is 17.4. The van der Waals surface area contributed by atoms with Crippen molar-refractivity contribution >= 4 is 16.7 Å². The summed E-state index contributed by atoms with van der Waals surface area (Å²) in [6.07, 6.45) is 0.827. The molecule has 0 radical (unpaired) electrons. The van der Waals surface area contributed by atoms with Gasteiger partial charge in [-0.05, 0) is 46.0 Å². The number of carbonyl (C=O) groups excluding carboxylic acids is 1. The Balaban J connectivity index is 1.85. The van der Waals surface area contributed by atoms with E-state index in [9.17, 15) is 9.59 Å². The van der Waals surface area contributed by atoms with Gasteiger partial charge in [-0.3, -0.25) is 9.59 Å². The highest BCUT2D eigenvalue weighted by molar-refractivity contribution is 6.04. The van der Waals surface area contributed by atoms with Crippen LogP contribution in [0.25, 0.3) is 10.8 Å². The number of hydrogen-bond donors (Lipinski definition) is 1. The number of nitrogens with zero attached hydrogens (tertiary/aromatic N) is 3. The lowest BCUT2D eigenvalue weighted by atomic mass is 10.0. The second-order valence-corrected chi connectivity index (χ2v) is 7.75.